The van der Waals surface area contributed by atoms with Crippen LogP contribution in [0.3, 0.4) is 0 Å². The van der Waals surface area contributed by atoms with E-state index in [9.17, 15) is 0 Å². The molecular weight excluding hydrogens is 991 g/mol. The van der Waals surface area contributed by atoms with Crippen LogP contribution < -0.4 is 0 Å². The van der Waals surface area contributed by atoms with Crippen molar-refractivity contribution in [2.75, 3.05) is 0 Å². The smallest absolute Gasteiger partial charge is 0.0465 e. The van der Waals surface area contributed by atoms with Crippen molar-refractivity contribution in [2.45, 2.75) is 0 Å². The molecule has 0 radical (unpaired) electrons. The molecule has 1 nitrogen and oxygen atoms in total. The number of nitrogens with one attached hydrogen (secondary N) is 1. The molecule has 0 aliphatic rings. The maximum absolute atomic E-state index is 3.84. The second-order valence-electron chi connectivity index (χ2n) is 21.2. The Bertz CT molecular complexity index is 5040. The summed E-state index contributed by atoms with van der Waals surface area (Å²) in [5.41, 5.74) is 17.1. The Labute approximate surface area is 463 Å². The Morgan fingerprint density at radius 3 is 0.899 bits per heavy atom. The molecule has 0 saturated heterocycles. The summed E-state index contributed by atoms with van der Waals surface area (Å²) in [6, 6.07) is 100.0. The average Bonchev–Trinajstić information content (AvgIpc) is 4.43. The van der Waals surface area contributed by atoms with E-state index in [-0.39, 0.29) is 0 Å². The quantitative estimate of drug-likeness (QED) is 0.171. The molecular formula is C76H45NS2. The Morgan fingerprint density at radius 1 is 0.203 bits per heavy atom. The van der Waals surface area contributed by atoms with Crippen LogP contribution in [-0.2, 0) is 0 Å². The number of hydrogen-bond acceptors (Lipinski definition) is 2. The van der Waals surface area contributed by atoms with Gasteiger partial charge in [-0.25, -0.2) is 0 Å². The van der Waals surface area contributed by atoms with Crippen molar-refractivity contribution in [3.63, 3.8) is 0 Å². The summed E-state index contributed by atoms with van der Waals surface area (Å²) in [4.78, 5) is 3.84. The van der Waals surface area contributed by atoms with Crippen molar-refractivity contribution in [1.82, 2.24) is 4.98 Å². The van der Waals surface area contributed by atoms with Gasteiger partial charge in [0.15, 0.2) is 0 Å². The van der Waals surface area contributed by atoms with Gasteiger partial charge >= 0.3 is 0 Å². The Hall–Kier alpha value is -9.64. The van der Waals surface area contributed by atoms with Gasteiger partial charge in [0.25, 0.3) is 0 Å². The van der Waals surface area contributed by atoms with Crippen LogP contribution in [0.2, 0.25) is 0 Å². The number of H-pyrrole nitrogens is 1. The fourth-order valence-corrected chi connectivity index (χ4v) is 15.4. The van der Waals surface area contributed by atoms with Crippen LogP contribution in [-0.4, -0.2) is 4.98 Å². The first kappa shape index (κ1) is 44.5. The van der Waals surface area contributed by atoms with Crippen LogP contribution in [0.25, 0.3) is 172 Å². The molecule has 0 aliphatic carbocycles. The van der Waals surface area contributed by atoms with E-state index in [1.54, 1.807) is 0 Å². The first-order valence-electron chi connectivity index (χ1n) is 27.1. The molecule has 0 fully saturated rings. The zero-order chi connectivity index (χ0) is 51.7. The summed E-state index contributed by atoms with van der Waals surface area (Å²) in [5.74, 6) is 0. The second-order valence-corrected chi connectivity index (χ2v) is 23.3. The van der Waals surface area contributed by atoms with E-state index in [2.05, 4.69) is 272 Å². The fraction of sp³-hybridized carbons (Fsp3) is 0. The molecule has 1 N–H and O–H groups in total. The lowest BCUT2D eigenvalue weighted by atomic mass is 9.91. The van der Waals surface area contributed by atoms with Crippen LogP contribution in [0.5, 0.6) is 0 Å². The van der Waals surface area contributed by atoms with Crippen LogP contribution >= 0.6 is 22.7 Å². The maximum atomic E-state index is 3.84. The van der Waals surface area contributed by atoms with Gasteiger partial charge < -0.3 is 4.98 Å². The van der Waals surface area contributed by atoms with Crippen molar-refractivity contribution in [1.29, 1.82) is 0 Å². The number of thiophene rings is 2. The molecule has 17 rings (SSSR count). The molecule has 3 heterocycles. The number of rotatable bonds is 6. The minimum Gasteiger partial charge on any atom is -0.355 e. The third kappa shape index (κ3) is 7.07. The molecule has 0 amide bonds. The Morgan fingerprint density at radius 2 is 0.506 bits per heavy atom. The van der Waals surface area contributed by atoms with Crippen LogP contribution in [0.1, 0.15) is 0 Å². The van der Waals surface area contributed by atoms with Crippen molar-refractivity contribution in [3.8, 4) is 66.8 Å². The lowest BCUT2D eigenvalue weighted by Crippen LogP contribution is -1.86. The molecule has 0 spiro atoms. The third-order valence-electron chi connectivity index (χ3n) is 16.8. The van der Waals surface area contributed by atoms with Gasteiger partial charge in [-0.3, -0.25) is 0 Å². The third-order valence-corrected chi connectivity index (χ3v) is 19.2. The highest BCUT2D eigenvalue weighted by Gasteiger charge is 2.20. The molecule has 366 valence electrons. The van der Waals surface area contributed by atoms with Gasteiger partial charge in [0.05, 0.1) is 0 Å². The summed E-state index contributed by atoms with van der Waals surface area (Å²) in [7, 11) is 0. The minimum atomic E-state index is 1.13. The van der Waals surface area contributed by atoms with Gasteiger partial charge in [-0.2, -0.15) is 0 Å². The van der Waals surface area contributed by atoms with Crippen LogP contribution in [0.4, 0.5) is 0 Å². The molecule has 14 aromatic carbocycles. The van der Waals surface area contributed by atoms with Crippen molar-refractivity contribution < 1.29 is 0 Å². The van der Waals surface area contributed by atoms with E-state index < -0.39 is 0 Å². The molecule has 0 unspecified atom stereocenters. The van der Waals surface area contributed by atoms with E-state index in [0.29, 0.717) is 0 Å². The molecule has 79 heavy (non-hydrogen) atoms. The van der Waals surface area contributed by atoms with Gasteiger partial charge in [0.2, 0.25) is 0 Å². The fourth-order valence-electron chi connectivity index (χ4n) is 13.0. The molecule has 0 bridgehead atoms. The largest absolute Gasteiger partial charge is 0.355 e. The van der Waals surface area contributed by atoms with Gasteiger partial charge in [-0.05, 0) is 172 Å². The molecule has 0 saturated carbocycles. The number of aromatic nitrogens is 1. The highest BCUT2D eigenvalue weighted by molar-refractivity contribution is 7.26. The zero-order valence-electron chi connectivity index (χ0n) is 42.7. The van der Waals surface area contributed by atoms with E-state index >= 15 is 0 Å². The zero-order valence-corrected chi connectivity index (χ0v) is 44.4. The first-order valence-corrected chi connectivity index (χ1v) is 28.7. The van der Waals surface area contributed by atoms with E-state index in [4.69, 9.17) is 0 Å². The summed E-state index contributed by atoms with van der Waals surface area (Å²) in [6.07, 6.45) is 0. The van der Waals surface area contributed by atoms with E-state index in [1.165, 1.54) is 161 Å². The van der Waals surface area contributed by atoms with E-state index in [1.807, 2.05) is 22.7 Å². The Balaban J connectivity index is 0.871. The predicted octanol–water partition coefficient (Wildman–Crippen LogP) is 22.7. The normalized spacial score (nSPS) is 12.1. The van der Waals surface area contributed by atoms with Gasteiger partial charge in [-0.1, -0.05) is 194 Å². The predicted molar refractivity (Wildman–Crippen MR) is 344 cm³/mol. The number of fused-ring (bicyclic) bond motifs is 13. The van der Waals surface area contributed by atoms with Gasteiger partial charge in [-0.15, -0.1) is 22.7 Å². The molecule has 0 aliphatic heterocycles. The summed E-state index contributed by atoms with van der Waals surface area (Å²) in [6.45, 7) is 0. The lowest BCUT2D eigenvalue weighted by molar-refractivity contribution is 1.54. The SMILES string of the molecule is c1ccc2c(-c3ccc4sc5c(-c6ccc7[nH]c8ccc(-c9cc(-c%10cccc%11ccccc%10%11)cc%10c9sc9ccc(-c%11cccc%12ccccc%11%12)cc9%10)cc8c7c6)cc(-c6cccc7ccccc67)cc5c4c3)cccc2c1. The molecule has 17 aromatic rings. The average molecular weight is 1040 g/mol. The molecule has 3 heteroatoms. The van der Waals surface area contributed by atoms with Crippen molar-refractivity contribution >= 4 is 128 Å². The lowest BCUT2D eigenvalue weighted by Gasteiger charge is -2.12. The highest BCUT2D eigenvalue weighted by Crippen LogP contribution is 2.49. The summed E-state index contributed by atoms with van der Waals surface area (Å²) >= 11 is 3.81. The number of benzene rings is 14. The summed E-state index contributed by atoms with van der Waals surface area (Å²) in [5, 5.41) is 17.6. The van der Waals surface area contributed by atoms with Crippen LogP contribution in [0, 0.1) is 0 Å². The van der Waals surface area contributed by atoms with Crippen LogP contribution in [0.15, 0.2) is 267 Å². The summed E-state index contributed by atoms with van der Waals surface area (Å²) < 4.78 is 5.18. The maximum Gasteiger partial charge on any atom is 0.0465 e. The first-order chi connectivity index (χ1) is 39.1. The highest BCUT2D eigenvalue weighted by atomic mass is 32.1. The molecule has 0 atom stereocenters. The monoisotopic (exact) mass is 1040 g/mol. The van der Waals surface area contributed by atoms with Gasteiger partial charge in [0.1, 0.15) is 0 Å². The topological polar surface area (TPSA) is 15.8 Å². The standard InChI is InChI=1S/C76H45NS2/c1-5-21-55-45(13-1)17-9-25-59(55)49-31-35-73-67(39-49)69-43-53(61-27-11-19-47-15-3-7-23-57(47)61)41-63(75(69)78-73)51-29-33-71-65(37-51)66-38-52(30-34-72(66)77-71)64-42-54(62-28-12-20-48-16-4-8-24-58(48)62)44-70-68-40-50(32-36-74(68)79-76(64)70)60-26-10-18-46-14-2-6-22-56(46)60/h1-44,77H. The second kappa shape index (κ2) is 17.4. The Kier molecular flexibility index (Phi) is 9.82. The minimum absolute atomic E-state index is 1.13. The van der Waals surface area contributed by atoms with Gasteiger partial charge in [0, 0.05) is 73.3 Å². The number of hydrogen-bond donors (Lipinski definition) is 1. The van der Waals surface area contributed by atoms with Crippen molar-refractivity contribution in [3.05, 3.63) is 267 Å². The molecule has 3 aromatic heterocycles. The van der Waals surface area contributed by atoms with Crippen molar-refractivity contribution in [2.24, 2.45) is 0 Å². The van der Waals surface area contributed by atoms with E-state index in [0.717, 1.165) is 11.0 Å². The number of aromatic amines is 1.